The van der Waals surface area contributed by atoms with Crippen molar-refractivity contribution in [1.29, 1.82) is 0 Å². The number of aromatic nitrogens is 3. The molecule has 0 aliphatic heterocycles. The number of pyridine rings is 1. The molecule has 3 aromatic rings. The second-order valence-electron chi connectivity index (χ2n) is 4.31. The summed E-state index contributed by atoms with van der Waals surface area (Å²) in [4.78, 5) is 7.97. The van der Waals surface area contributed by atoms with E-state index in [2.05, 4.69) is 29.2 Å². The van der Waals surface area contributed by atoms with Crippen molar-refractivity contribution >= 4 is 11.0 Å². The van der Waals surface area contributed by atoms with Gasteiger partial charge >= 0.3 is 0 Å². The Morgan fingerprint density at radius 3 is 2.72 bits per heavy atom. The highest BCUT2D eigenvalue weighted by Gasteiger charge is 2.10. The Morgan fingerprint density at radius 1 is 1.17 bits per heavy atom. The van der Waals surface area contributed by atoms with Crippen molar-refractivity contribution in [2.24, 2.45) is 7.05 Å². The Morgan fingerprint density at radius 2 is 1.94 bits per heavy atom. The maximum Gasteiger partial charge on any atom is 0.179 e. The van der Waals surface area contributed by atoms with Crippen LogP contribution in [0.1, 0.15) is 5.56 Å². The first-order chi connectivity index (χ1) is 8.24. The number of nitrogens with one attached hydrogen (secondary N) is 1. The molecule has 0 saturated heterocycles. The Hall–Kier alpha value is -1.43. The van der Waals surface area contributed by atoms with Gasteiger partial charge in [-0.3, -0.25) is 0 Å². The van der Waals surface area contributed by atoms with Crippen LogP contribution in [0.25, 0.3) is 22.4 Å². The summed E-state index contributed by atoms with van der Waals surface area (Å²) in [7, 11) is 2.02. The van der Waals surface area contributed by atoms with E-state index in [1.165, 1.54) is 5.56 Å². The van der Waals surface area contributed by atoms with E-state index in [0.29, 0.717) is 0 Å². The van der Waals surface area contributed by atoms with E-state index in [0.717, 1.165) is 22.4 Å². The second kappa shape index (κ2) is 5.06. The van der Waals surface area contributed by atoms with Crippen LogP contribution in [-0.4, -0.2) is 9.97 Å². The lowest BCUT2D eigenvalue weighted by atomic mass is 10.1. The molecule has 3 nitrogen and oxygen atoms in total. The molecule has 0 atom stereocenters. The number of nitrogens with zero attached hydrogens (tertiary/aromatic N) is 2. The first-order valence-corrected chi connectivity index (χ1v) is 5.65. The van der Waals surface area contributed by atoms with Crippen molar-refractivity contribution < 1.29 is 28.5 Å². The standard InChI is InChI=1S/C14H14N3.HI/c1-10-7-8-17(2)9-11(10)14-15-12-5-3-4-6-13(12)16-14;/h3-9H,1-2H3,(H,15,16);1H/q+1;/p-1. The van der Waals surface area contributed by atoms with Crippen molar-refractivity contribution in [2.45, 2.75) is 6.92 Å². The van der Waals surface area contributed by atoms with Gasteiger partial charge in [0.1, 0.15) is 12.9 Å². The largest absolute Gasteiger partial charge is 1.00 e. The average molecular weight is 351 g/mol. The van der Waals surface area contributed by atoms with Gasteiger partial charge < -0.3 is 29.0 Å². The van der Waals surface area contributed by atoms with Crippen LogP contribution in [0.15, 0.2) is 42.7 Å². The molecule has 0 fully saturated rings. The van der Waals surface area contributed by atoms with Gasteiger partial charge in [0.2, 0.25) is 0 Å². The highest BCUT2D eigenvalue weighted by Crippen LogP contribution is 2.21. The molecule has 0 amide bonds. The maximum absolute atomic E-state index is 4.62. The predicted molar refractivity (Wildman–Crippen MR) is 67.4 cm³/mol. The maximum atomic E-state index is 4.62. The quantitative estimate of drug-likeness (QED) is 0.460. The molecular formula is C14H14IN3. The van der Waals surface area contributed by atoms with Crippen LogP contribution in [0, 0.1) is 6.92 Å². The Labute approximate surface area is 123 Å². The monoisotopic (exact) mass is 351 g/mol. The molecule has 3 rings (SSSR count). The predicted octanol–water partition coefficient (Wildman–Crippen LogP) is -0.633. The van der Waals surface area contributed by atoms with Crippen LogP contribution in [0.2, 0.25) is 0 Å². The number of hydrogen-bond acceptors (Lipinski definition) is 1. The SMILES string of the molecule is Cc1cc[n+](C)cc1-c1nc2ccccc2[nH]1.[I-]. The van der Waals surface area contributed by atoms with Gasteiger partial charge in [0, 0.05) is 6.07 Å². The van der Waals surface area contributed by atoms with E-state index in [1.54, 1.807) is 0 Å². The summed E-state index contributed by atoms with van der Waals surface area (Å²) in [6.45, 7) is 2.10. The summed E-state index contributed by atoms with van der Waals surface area (Å²) in [5.41, 5.74) is 4.45. The van der Waals surface area contributed by atoms with Gasteiger partial charge in [-0.1, -0.05) is 12.1 Å². The van der Waals surface area contributed by atoms with Gasteiger partial charge in [0.05, 0.1) is 16.6 Å². The number of halogens is 1. The molecule has 92 valence electrons. The van der Waals surface area contributed by atoms with E-state index >= 15 is 0 Å². The van der Waals surface area contributed by atoms with Crippen molar-refractivity contribution in [2.75, 3.05) is 0 Å². The van der Waals surface area contributed by atoms with Crippen molar-refractivity contribution in [3.8, 4) is 11.4 Å². The molecule has 18 heavy (non-hydrogen) atoms. The van der Waals surface area contributed by atoms with Gasteiger partial charge in [0.15, 0.2) is 12.4 Å². The summed E-state index contributed by atoms with van der Waals surface area (Å²) in [5, 5.41) is 0. The highest BCUT2D eigenvalue weighted by atomic mass is 127. The molecule has 0 aliphatic rings. The number of para-hydroxylation sites is 2. The van der Waals surface area contributed by atoms with E-state index in [-0.39, 0.29) is 24.0 Å². The van der Waals surface area contributed by atoms with Gasteiger partial charge in [0.25, 0.3) is 0 Å². The van der Waals surface area contributed by atoms with Crippen LogP contribution >= 0.6 is 0 Å². The first kappa shape index (κ1) is 13.0. The number of H-pyrrole nitrogens is 1. The summed E-state index contributed by atoms with van der Waals surface area (Å²) < 4.78 is 2.04. The molecule has 2 heterocycles. The number of rotatable bonds is 1. The van der Waals surface area contributed by atoms with Crippen molar-refractivity contribution in [3.05, 3.63) is 48.3 Å². The Kier molecular flexibility index (Phi) is 3.65. The zero-order valence-corrected chi connectivity index (χ0v) is 12.5. The number of aryl methyl sites for hydroxylation is 2. The summed E-state index contributed by atoms with van der Waals surface area (Å²) in [6.07, 6.45) is 4.13. The Balaban J connectivity index is 0.00000120. The Bertz CT molecular complexity index is 655. The molecular weight excluding hydrogens is 337 g/mol. The van der Waals surface area contributed by atoms with Crippen molar-refractivity contribution in [1.82, 2.24) is 9.97 Å². The third-order valence-electron chi connectivity index (χ3n) is 2.96. The van der Waals surface area contributed by atoms with Gasteiger partial charge in [-0.15, -0.1) is 0 Å². The zero-order valence-electron chi connectivity index (χ0n) is 10.3. The number of aromatic amines is 1. The molecule has 0 bridgehead atoms. The smallest absolute Gasteiger partial charge is 0.179 e. The zero-order chi connectivity index (χ0) is 11.8. The van der Waals surface area contributed by atoms with E-state index in [9.17, 15) is 0 Å². The van der Waals surface area contributed by atoms with E-state index < -0.39 is 0 Å². The van der Waals surface area contributed by atoms with Gasteiger partial charge in [-0.05, 0) is 24.6 Å². The molecule has 0 aliphatic carbocycles. The average Bonchev–Trinajstić information content (AvgIpc) is 2.75. The molecule has 0 unspecified atom stereocenters. The minimum Gasteiger partial charge on any atom is -1.00 e. The van der Waals surface area contributed by atoms with Crippen LogP contribution in [-0.2, 0) is 7.05 Å². The lowest BCUT2D eigenvalue weighted by molar-refractivity contribution is -0.671. The number of fused-ring (bicyclic) bond motifs is 1. The van der Waals surface area contributed by atoms with Gasteiger partial charge in [-0.25, -0.2) is 9.55 Å². The number of imidazole rings is 1. The molecule has 1 aromatic carbocycles. The van der Waals surface area contributed by atoms with E-state index in [1.807, 2.05) is 42.1 Å². The molecule has 1 N–H and O–H groups in total. The molecule has 0 saturated carbocycles. The fourth-order valence-corrected chi connectivity index (χ4v) is 2.00. The topological polar surface area (TPSA) is 32.6 Å². The van der Waals surface area contributed by atoms with Crippen LogP contribution in [0.3, 0.4) is 0 Å². The fourth-order valence-electron chi connectivity index (χ4n) is 2.00. The van der Waals surface area contributed by atoms with E-state index in [4.69, 9.17) is 0 Å². The minimum absolute atomic E-state index is 0. The molecule has 0 spiro atoms. The lowest BCUT2D eigenvalue weighted by Crippen LogP contribution is -3.00. The second-order valence-corrected chi connectivity index (χ2v) is 4.31. The van der Waals surface area contributed by atoms with Crippen molar-refractivity contribution in [3.63, 3.8) is 0 Å². The minimum atomic E-state index is 0. The van der Waals surface area contributed by atoms with Crippen LogP contribution in [0.5, 0.6) is 0 Å². The van der Waals surface area contributed by atoms with Gasteiger partial charge in [-0.2, -0.15) is 0 Å². The number of benzene rings is 1. The first-order valence-electron chi connectivity index (χ1n) is 5.65. The molecule has 0 radical (unpaired) electrons. The molecule has 2 aromatic heterocycles. The highest BCUT2D eigenvalue weighted by molar-refractivity contribution is 5.79. The number of hydrogen-bond donors (Lipinski definition) is 1. The summed E-state index contributed by atoms with van der Waals surface area (Å²) in [6, 6.07) is 10.2. The molecule has 4 heteroatoms. The lowest BCUT2D eigenvalue weighted by Gasteiger charge is -1.99. The third-order valence-corrected chi connectivity index (χ3v) is 2.96. The summed E-state index contributed by atoms with van der Waals surface area (Å²) in [5.74, 6) is 0.930. The van der Waals surface area contributed by atoms with Crippen LogP contribution < -0.4 is 28.5 Å². The fraction of sp³-hybridized carbons (Fsp3) is 0.143. The third kappa shape index (κ3) is 2.25. The summed E-state index contributed by atoms with van der Waals surface area (Å²) >= 11 is 0. The normalized spacial score (nSPS) is 10.3. The van der Waals surface area contributed by atoms with Crippen LogP contribution in [0.4, 0.5) is 0 Å².